The average molecular weight is 243 g/mol. The lowest BCUT2D eigenvalue weighted by molar-refractivity contribution is -0.137. The molecule has 0 radical (unpaired) electrons. The molecular formula is C12H12F3NO. The number of alkyl halides is 3. The molecule has 0 heterocycles. The molecule has 0 aromatic heterocycles. The Hall–Kier alpha value is -1.51. The Bertz CT molecular complexity index is 455. The van der Waals surface area contributed by atoms with E-state index in [0.29, 0.717) is 5.56 Å². The summed E-state index contributed by atoms with van der Waals surface area (Å²) in [5.74, 6) is 4.64. The number of aliphatic hydroxyl groups excluding tert-OH is 1. The highest BCUT2D eigenvalue weighted by Gasteiger charge is 2.33. The first-order valence-electron chi connectivity index (χ1n) is 4.95. The molecule has 0 aliphatic rings. The number of rotatable bonds is 1. The van der Waals surface area contributed by atoms with Gasteiger partial charge in [-0.25, -0.2) is 0 Å². The van der Waals surface area contributed by atoms with Crippen LogP contribution in [0.25, 0.3) is 0 Å². The molecule has 3 N–H and O–H groups in total. The van der Waals surface area contributed by atoms with Crippen molar-refractivity contribution in [3.63, 3.8) is 0 Å². The lowest BCUT2D eigenvalue weighted by Crippen LogP contribution is -2.11. The molecule has 0 aliphatic heterocycles. The minimum atomic E-state index is -4.48. The molecule has 0 spiro atoms. The number of aliphatic hydroxyl groups is 1. The van der Waals surface area contributed by atoms with E-state index in [-0.39, 0.29) is 12.1 Å². The first kappa shape index (κ1) is 13.6. The standard InChI is InChI=1S/C12H12F3NO/c1-8(17)5-6-10-9(7-16)3-2-4-11(10)12(13,14)15/h2-4,8,17H,7,16H2,1H3. The van der Waals surface area contributed by atoms with E-state index in [1.165, 1.54) is 19.1 Å². The summed E-state index contributed by atoms with van der Waals surface area (Å²) >= 11 is 0. The van der Waals surface area contributed by atoms with E-state index in [4.69, 9.17) is 10.8 Å². The van der Waals surface area contributed by atoms with E-state index in [1.807, 2.05) is 0 Å². The van der Waals surface area contributed by atoms with E-state index < -0.39 is 17.8 Å². The molecule has 0 saturated heterocycles. The highest BCUT2D eigenvalue weighted by Crippen LogP contribution is 2.32. The molecule has 5 heteroatoms. The summed E-state index contributed by atoms with van der Waals surface area (Å²) in [5, 5.41) is 8.98. The second kappa shape index (κ2) is 5.21. The van der Waals surface area contributed by atoms with Gasteiger partial charge in [-0.2, -0.15) is 13.2 Å². The molecule has 1 rings (SSSR count). The first-order valence-corrected chi connectivity index (χ1v) is 4.95. The number of hydrogen-bond donors (Lipinski definition) is 2. The SMILES string of the molecule is CC(O)C#Cc1c(CN)cccc1C(F)(F)F. The Kier molecular flexibility index (Phi) is 4.16. The van der Waals surface area contributed by atoms with Gasteiger partial charge in [0.15, 0.2) is 0 Å². The fourth-order valence-electron chi connectivity index (χ4n) is 1.33. The van der Waals surface area contributed by atoms with Crippen LogP contribution in [0, 0.1) is 11.8 Å². The lowest BCUT2D eigenvalue weighted by atomic mass is 10.0. The fourth-order valence-corrected chi connectivity index (χ4v) is 1.33. The summed E-state index contributed by atoms with van der Waals surface area (Å²) in [6, 6.07) is 3.73. The molecule has 1 atom stereocenters. The van der Waals surface area contributed by atoms with E-state index in [2.05, 4.69) is 11.8 Å². The lowest BCUT2D eigenvalue weighted by Gasteiger charge is -2.12. The van der Waals surface area contributed by atoms with Gasteiger partial charge in [0.1, 0.15) is 6.10 Å². The van der Waals surface area contributed by atoms with Crippen molar-refractivity contribution in [2.24, 2.45) is 5.73 Å². The molecule has 0 saturated carbocycles. The van der Waals surface area contributed by atoms with Crippen LogP contribution in [0.4, 0.5) is 13.2 Å². The Labute approximate surface area is 97.3 Å². The normalized spacial score (nSPS) is 12.8. The van der Waals surface area contributed by atoms with E-state index in [9.17, 15) is 13.2 Å². The van der Waals surface area contributed by atoms with Crippen molar-refractivity contribution in [3.8, 4) is 11.8 Å². The van der Waals surface area contributed by atoms with Gasteiger partial charge in [0.05, 0.1) is 5.56 Å². The second-order valence-electron chi connectivity index (χ2n) is 3.49. The first-order chi connectivity index (χ1) is 7.86. The molecule has 0 bridgehead atoms. The zero-order valence-corrected chi connectivity index (χ0v) is 9.17. The maximum Gasteiger partial charge on any atom is 0.417 e. The second-order valence-corrected chi connectivity index (χ2v) is 3.49. The van der Waals surface area contributed by atoms with Crippen LogP contribution in [0.1, 0.15) is 23.6 Å². The number of halogens is 3. The molecular weight excluding hydrogens is 231 g/mol. The van der Waals surface area contributed by atoms with Crippen molar-refractivity contribution in [1.29, 1.82) is 0 Å². The van der Waals surface area contributed by atoms with Gasteiger partial charge < -0.3 is 10.8 Å². The van der Waals surface area contributed by atoms with Gasteiger partial charge in [0.25, 0.3) is 0 Å². The summed E-state index contributed by atoms with van der Waals surface area (Å²) in [4.78, 5) is 0. The van der Waals surface area contributed by atoms with Crippen LogP contribution in [0.15, 0.2) is 18.2 Å². The Balaban J connectivity index is 3.38. The molecule has 1 unspecified atom stereocenters. The van der Waals surface area contributed by atoms with Crippen molar-refractivity contribution in [1.82, 2.24) is 0 Å². The molecule has 1 aromatic carbocycles. The average Bonchev–Trinajstić information content (AvgIpc) is 2.24. The number of nitrogens with two attached hydrogens (primary N) is 1. The summed E-state index contributed by atoms with van der Waals surface area (Å²) in [5.41, 5.74) is 4.70. The smallest absolute Gasteiger partial charge is 0.381 e. The fraction of sp³-hybridized carbons (Fsp3) is 0.333. The maximum absolute atomic E-state index is 12.7. The molecule has 0 fully saturated rings. The molecule has 0 aliphatic carbocycles. The summed E-state index contributed by atoms with van der Waals surface area (Å²) in [6.45, 7) is 1.35. The van der Waals surface area contributed by atoms with Gasteiger partial charge in [-0.3, -0.25) is 0 Å². The molecule has 1 aromatic rings. The van der Waals surface area contributed by atoms with Gasteiger partial charge in [0.2, 0.25) is 0 Å². The van der Waals surface area contributed by atoms with E-state index in [1.54, 1.807) is 0 Å². The summed E-state index contributed by atoms with van der Waals surface area (Å²) in [7, 11) is 0. The van der Waals surface area contributed by atoms with Gasteiger partial charge >= 0.3 is 6.18 Å². The number of benzene rings is 1. The van der Waals surface area contributed by atoms with E-state index in [0.717, 1.165) is 6.07 Å². The van der Waals surface area contributed by atoms with Crippen LogP contribution >= 0.6 is 0 Å². The monoisotopic (exact) mass is 243 g/mol. The summed E-state index contributed by atoms with van der Waals surface area (Å²) < 4.78 is 38.2. The van der Waals surface area contributed by atoms with Crippen LogP contribution in [0.3, 0.4) is 0 Å². The molecule has 17 heavy (non-hydrogen) atoms. The third-order valence-corrected chi connectivity index (χ3v) is 2.08. The third kappa shape index (κ3) is 3.48. The Morgan fingerprint density at radius 3 is 2.53 bits per heavy atom. The van der Waals surface area contributed by atoms with Gasteiger partial charge in [0, 0.05) is 12.1 Å². The summed E-state index contributed by atoms with van der Waals surface area (Å²) in [6.07, 6.45) is -5.46. The van der Waals surface area contributed by atoms with Crippen molar-refractivity contribution in [2.45, 2.75) is 25.7 Å². The van der Waals surface area contributed by atoms with Crippen molar-refractivity contribution >= 4 is 0 Å². The van der Waals surface area contributed by atoms with Gasteiger partial charge in [-0.1, -0.05) is 24.0 Å². The molecule has 92 valence electrons. The van der Waals surface area contributed by atoms with Crippen LogP contribution < -0.4 is 5.73 Å². The Morgan fingerprint density at radius 1 is 1.41 bits per heavy atom. The van der Waals surface area contributed by atoms with Crippen LogP contribution in [-0.4, -0.2) is 11.2 Å². The van der Waals surface area contributed by atoms with Crippen molar-refractivity contribution in [2.75, 3.05) is 0 Å². The molecule has 0 amide bonds. The third-order valence-electron chi connectivity index (χ3n) is 2.08. The van der Waals surface area contributed by atoms with Crippen LogP contribution in [0.5, 0.6) is 0 Å². The predicted molar refractivity (Wildman–Crippen MR) is 57.9 cm³/mol. The minimum Gasteiger partial charge on any atom is -0.381 e. The zero-order valence-electron chi connectivity index (χ0n) is 9.17. The predicted octanol–water partition coefficient (Wildman–Crippen LogP) is 1.90. The van der Waals surface area contributed by atoms with Crippen molar-refractivity contribution < 1.29 is 18.3 Å². The van der Waals surface area contributed by atoms with Crippen LogP contribution in [0.2, 0.25) is 0 Å². The zero-order chi connectivity index (χ0) is 13.1. The van der Waals surface area contributed by atoms with Crippen molar-refractivity contribution in [3.05, 3.63) is 34.9 Å². The topological polar surface area (TPSA) is 46.2 Å². The highest BCUT2D eigenvalue weighted by molar-refractivity contribution is 5.49. The van der Waals surface area contributed by atoms with E-state index >= 15 is 0 Å². The maximum atomic E-state index is 12.7. The largest absolute Gasteiger partial charge is 0.417 e. The highest BCUT2D eigenvalue weighted by atomic mass is 19.4. The Morgan fingerprint density at radius 2 is 2.06 bits per heavy atom. The molecule has 2 nitrogen and oxygen atoms in total. The number of hydrogen-bond acceptors (Lipinski definition) is 2. The van der Waals surface area contributed by atoms with Gasteiger partial charge in [-0.15, -0.1) is 0 Å². The van der Waals surface area contributed by atoms with Crippen LogP contribution in [-0.2, 0) is 12.7 Å². The minimum absolute atomic E-state index is 0.0340. The quantitative estimate of drug-likeness (QED) is 0.740. The van der Waals surface area contributed by atoms with Gasteiger partial charge in [-0.05, 0) is 18.6 Å².